The molecule has 3 rings (SSSR count). The van der Waals surface area contributed by atoms with Gasteiger partial charge >= 0.3 is 0 Å². The Hall–Kier alpha value is -2.20. The molecule has 0 aliphatic carbocycles. The minimum Gasteiger partial charge on any atom is -0.504 e. The number of benzene rings is 2. The van der Waals surface area contributed by atoms with Crippen molar-refractivity contribution in [2.75, 3.05) is 38.2 Å². The Morgan fingerprint density at radius 1 is 1.04 bits per heavy atom. The maximum absolute atomic E-state index is 9.71. The van der Waals surface area contributed by atoms with Crippen LogP contribution in [0.4, 0.5) is 5.69 Å². The SMILES string of the molecule is COc1cc(CCC(C)N2CCN(c3ccc(C)cc3)CC2)ccc1O. The quantitative estimate of drug-likeness (QED) is 0.855. The normalized spacial score (nSPS) is 16.5. The molecule has 0 aromatic heterocycles. The molecule has 1 saturated heterocycles. The van der Waals surface area contributed by atoms with Crippen molar-refractivity contribution in [2.24, 2.45) is 0 Å². The molecule has 26 heavy (non-hydrogen) atoms. The topological polar surface area (TPSA) is 35.9 Å². The van der Waals surface area contributed by atoms with E-state index in [1.165, 1.54) is 16.8 Å². The Morgan fingerprint density at radius 2 is 1.73 bits per heavy atom. The first-order chi connectivity index (χ1) is 12.6. The van der Waals surface area contributed by atoms with Crippen LogP contribution >= 0.6 is 0 Å². The van der Waals surface area contributed by atoms with Crippen molar-refractivity contribution in [1.82, 2.24) is 4.90 Å². The molecule has 4 nitrogen and oxygen atoms in total. The highest BCUT2D eigenvalue weighted by atomic mass is 16.5. The predicted molar refractivity (Wildman–Crippen MR) is 107 cm³/mol. The lowest BCUT2D eigenvalue weighted by atomic mass is 10.0. The van der Waals surface area contributed by atoms with Crippen LogP contribution in [0.1, 0.15) is 24.5 Å². The minimum absolute atomic E-state index is 0.205. The van der Waals surface area contributed by atoms with Gasteiger partial charge in [0, 0.05) is 37.9 Å². The van der Waals surface area contributed by atoms with Crippen LogP contribution in [-0.2, 0) is 6.42 Å². The first-order valence-electron chi connectivity index (χ1n) is 9.48. The van der Waals surface area contributed by atoms with Gasteiger partial charge in [-0.1, -0.05) is 23.8 Å². The van der Waals surface area contributed by atoms with Crippen LogP contribution in [-0.4, -0.2) is 49.3 Å². The number of phenols is 1. The van der Waals surface area contributed by atoms with E-state index < -0.39 is 0 Å². The van der Waals surface area contributed by atoms with Gasteiger partial charge in [0.2, 0.25) is 0 Å². The summed E-state index contributed by atoms with van der Waals surface area (Å²) in [6.07, 6.45) is 2.11. The molecule has 1 N–H and O–H groups in total. The standard InChI is InChI=1S/C22H30N2O2/c1-17-4-9-20(10-5-17)24-14-12-23(13-15-24)18(2)6-7-19-8-11-21(25)22(16-19)26-3/h4-5,8-11,16,18,25H,6-7,12-15H2,1-3H3. The van der Waals surface area contributed by atoms with Gasteiger partial charge in [0.1, 0.15) is 0 Å². The Morgan fingerprint density at radius 3 is 2.38 bits per heavy atom. The van der Waals surface area contributed by atoms with Gasteiger partial charge in [-0.25, -0.2) is 0 Å². The summed E-state index contributed by atoms with van der Waals surface area (Å²) in [6, 6.07) is 15.0. The number of aryl methyl sites for hydroxylation is 2. The average molecular weight is 354 g/mol. The maximum atomic E-state index is 9.71. The van der Waals surface area contributed by atoms with E-state index in [2.05, 4.69) is 47.9 Å². The molecule has 0 radical (unpaired) electrons. The van der Waals surface area contributed by atoms with Crippen molar-refractivity contribution in [2.45, 2.75) is 32.7 Å². The molecule has 1 unspecified atom stereocenters. The Kier molecular flexibility index (Phi) is 6.04. The zero-order valence-corrected chi connectivity index (χ0v) is 16.1. The highest BCUT2D eigenvalue weighted by Gasteiger charge is 2.21. The second-order valence-corrected chi connectivity index (χ2v) is 7.25. The second kappa shape index (κ2) is 8.45. The van der Waals surface area contributed by atoms with Crippen molar-refractivity contribution >= 4 is 5.69 Å². The molecule has 4 heteroatoms. The number of methoxy groups -OCH3 is 1. The summed E-state index contributed by atoms with van der Waals surface area (Å²) < 4.78 is 5.20. The number of anilines is 1. The summed E-state index contributed by atoms with van der Waals surface area (Å²) in [5.41, 5.74) is 3.86. The highest BCUT2D eigenvalue weighted by Crippen LogP contribution is 2.27. The first-order valence-corrected chi connectivity index (χ1v) is 9.48. The van der Waals surface area contributed by atoms with E-state index in [9.17, 15) is 5.11 Å². The molecule has 1 aliphatic heterocycles. The van der Waals surface area contributed by atoms with Gasteiger partial charge in [0.25, 0.3) is 0 Å². The molecule has 2 aromatic carbocycles. The zero-order chi connectivity index (χ0) is 18.5. The number of ether oxygens (including phenoxy) is 1. The van der Waals surface area contributed by atoms with Gasteiger partial charge < -0.3 is 14.7 Å². The van der Waals surface area contributed by atoms with E-state index in [0.29, 0.717) is 11.8 Å². The van der Waals surface area contributed by atoms with Crippen molar-refractivity contribution in [3.05, 3.63) is 53.6 Å². The lowest BCUT2D eigenvalue weighted by Gasteiger charge is -2.39. The van der Waals surface area contributed by atoms with Gasteiger partial charge in [0.05, 0.1) is 7.11 Å². The molecule has 1 heterocycles. The summed E-state index contributed by atoms with van der Waals surface area (Å²) in [5, 5.41) is 9.71. The van der Waals surface area contributed by atoms with Crippen LogP contribution < -0.4 is 9.64 Å². The molecule has 2 aromatic rings. The molecule has 0 spiro atoms. The smallest absolute Gasteiger partial charge is 0.160 e. The number of hydrogen-bond donors (Lipinski definition) is 1. The molecule has 0 amide bonds. The zero-order valence-electron chi connectivity index (χ0n) is 16.1. The summed E-state index contributed by atoms with van der Waals surface area (Å²) in [7, 11) is 1.59. The Bertz CT molecular complexity index is 707. The lowest BCUT2D eigenvalue weighted by molar-refractivity contribution is 0.188. The molecule has 1 aliphatic rings. The molecule has 0 bridgehead atoms. The van der Waals surface area contributed by atoms with Crippen LogP contribution in [0.2, 0.25) is 0 Å². The summed E-state index contributed by atoms with van der Waals surface area (Å²) >= 11 is 0. The fourth-order valence-corrected chi connectivity index (χ4v) is 3.61. The number of piperazine rings is 1. The third kappa shape index (κ3) is 4.50. The summed E-state index contributed by atoms with van der Waals surface area (Å²) in [6.45, 7) is 8.83. The van der Waals surface area contributed by atoms with Gasteiger partial charge in [-0.3, -0.25) is 4.90 Å². The minimum atomic E-state index is 0.205. The highest BCUT2D eigenvalue weighted by molar-refractivity contribution is 5.48. The summed E-state index contributed by atoms with van der Waals surface area (Å²) in [5.74, 6) is 0.762. The Balaban J connectivity index is 1.49. The number of hydrogen-bond acceptors (Lipinski definition) is 4. The monoisotopic (exact) mass is 354 g/mol. The van der Waals surface area contributed by atoms with E-state index in [1.54, 1.807) is 13.2 Å². The summed E-state index contributed by atoms with van der Waals surface area (Å²) in [4.78, 5) is 5.07. The maximum Gasteiger partial charge on any atom is 0.160 e. The van der Waals surface area contributed by atoms with E-state index in [0.717, 1.165) is 39.0 Å². The third-order valence-corrected chi connectivity index (χ3v) is 5.43. The number of rotatable bonds is 6. The molecule has 140 valence electrons. The van der Waals surface area contributed by atoms with E-state index >= 15 is 0 Å². The van der Waals surface area contributed by atoms with Crippen LogP contribution in [0.15, 0.2) is 42.5 Å². The van der Waals surface area contributed by atoms with Gasteiger partial charge in [-0.2, -0.15) is 0 Å². The van der Waals surface area contributed by atoms with Gasteiger partial charge in [0.15, 0.2) is 11.5 Å². The molecule has 1 fully saturated rings. The molecule has 0 saturated carbocycles. The predicted octanol–water partition coefficient (Wildman–Crippen LogP) is 3.85. The number of aromatic hydroxyl groups is 1. The van der Waals surface area contributed by atoms with E-state index in [4.69, 9.17) is 4.74 Å². The lowest BCUT2D eigenvalue weighted by Crippen LogP contribution is -2.49. The van der Waals surface area contributed by atoms with Crippen LogP contribution in [0.25, 0.3) is 0 Å². The number of phenolic OH excluding ortho intramolecular Hbond substituents is 1. The van der Waals surface area contributed by atoms with Crippen LogP contribution in [0.5, 0.6) is 11.5 Å². The fourth-order valence-electron chi connectivity index (χ4n) is 3.61. The van der Waals surface area contributed by atoms with Gasteiger partial charge in [-0.05, 0) is 56.5 Å². The van der Waals surface area contributed by atoms with Crippen LogP contribution in [0, 0.1) is 6.92 Å². The largest absolute Gasteiger partial charge is 0.504 e. The van der Waals surface area contributed by atoms with Crippen molar-refractivity contribution < 1.29 is 9.84 Å². The van der Waals surface area contributed by atoms with Gasteiger partial charge in [-0.15, -0.1) is 0 Å². The fraction of sp³-hybridized carbons (Fsp3) is 0.455. The van der Waals surface area contributed by atoms with E-state index in [1.807, 2.05) is 12.1 Å². The third-order valence-electron chi connectivity index (χ3n) is 5.43. The molecular formula is C22H30N2O2. The van der Waals surface area contributed by atoms with Crippen molar-refractivity contribution in [1.29, 1.82) is 0 Å². The van der Waals surface area contributed by atoms with Crippen LogP contribution in [0.3, 0.4) is 0 Å². The molecular weight excluding hydrogens is 324 g/mol. The number of nitrogens with zero attached hydrogens (tertiary/aromatic N) is 2. The molecule has 1 atom stereocenters. The van der Waals surface area contributed by atoms with Crippen molar-refractivity contribution in [3.8, 4) is 11.5 Å². The average Bonchev–Trinajstić information content (AvgIpc) is 2.68. The second-order valence-electron chi connectivity index (χ2n) is 7.25. The van der Waals surface area contributed by atoms with Crippen molar-refractivity contribution in [3.63, 3.8) is 0 Å². The van der Waals surface area contributed by atoms with E-state index in [-0.39, 0.29) is 5.75 Å². The Labute approximate surface area is 157 Å². The first kappa shape index (κ1) is 18.6.